The molecule has 1 heterocycles. The Labute approximate surface area is 186 Å². The molecule has 0 radical (unpaired) electrons. The minimum Gasteiger partial charge on any atom is -0.497 e. The van der Waals surface area contributed by atoms with Crippen LogP contribution in [0.5, 0.6) is 11.5 Å². The lowest BCUT2D eigenvalue weighted by Crippen LogP contribution is -2.39. The summed E-state index contributed by atoms with van der Waals surface area (Å²) in [4.78, 5) is 41.4. The average molecular weight is 441 g/mol. The fourth-order valence-corrected chi connectivity index (χ4v) is 3.45. The number of carbonyl (C=O) groups is 3. The Morgan fingerprint density at radius 1 is 1.06 bits per heavy atom. The van der Waals surface area contributed by atoms with Crippen molar-refractivity contribution >= 4 is 29.2 Å². The van der Waals surface area contributed by atoms with Crippen LogP contribution in [0.15, 0.2) is 48.5 Å². The van der Waals surface area contributed by atoms with Crippen molar-refractivity contribution in [3.05, 3.63) is 48.5 Å². The van der Waals surface area contributed by atoms with E-state index in [0.717, 1.165) is 4.90 Å². The number of nitrogens with one attached hydrogen (secondary N) is 1. The smallest absolute Gasteiger partial charge is 0.332 e. The number of ether oxygens (including phenoxy) is 3. The van der Waals surface area contributed by atoms with Gasteiger partial charge in [0.25, 0.3) is 5.91 Å². The van der Waals surface area contributed by atoms with E-state index in [1.807, 2.05) is 6.92 Å². The predicted molar refractivity (Wildman–Crippen MR) is 119 cm³/mol. The van der Waals surface area contributed by atoms with Crippen LogP contribution in [0.1, 0.15) is 13.3 Å². The summed E-state index contributed by atoms with van der Waals surface area (Å²) in [6.07, 6.45) is -0.179. The molecule has 1 N–H and O–H groups in total. The van der Waals surface area contributed by atoms with Crippen molar-refractivity contribution in [3.8, 4) is 11.5 Å². The van der Waals surface area contributed by atoms with Crippen molar-refractivity contribution in [1.82, 2.24) is 4.90 Å². The van der Waals surface area contributed by atoms with Crippen molar-refractivity contribution in [2.45, 2.75) is 19.4 Å². The van der Waals surface area contributed by atoms with Gasteiger partial charge < -0.3 is 24.4 Å². The molecule has 0 spiro atoms. The van der Waals surface area contributed by atoms with Crippen LogP contribution in [-0.4, -0.2) is 62.8 Å². The maximum Gasteiger partial charge on any atom is 0.332 e. The highest BCUT2D eigenvalue weighted by Crippen LogP contribution is 2.29. The van der Waals surface area contributed by atoms with Gasteiger partial charge in [-0.3, -0.25) is 9.59 Å². The molecule has 1 aliphatic rings. The van der Waals surface area contributed by atoms with E-state index in [4.69, 9.17) is 14.2 Å². The molecule has 1 fully saturated rings. The maximum absolute atomic E-state index is 13.2. The van der Waals surface area contributed by atoms with Gasteiger partial charge in [0, 0.05) is 25.4 Å². The van der Waals surface area contributed by atoms with Crippen molar-refractivity contribution in [2.24, 2.45) is 0 Å². The van der Waals surface area contributed by atoms with Gasteiger partial charge in [0.15, 0.2) is 0 Å². The van der Waals surface area contributed by atoms with Gasteiger partial charge in [-0.15, -0.1) is 0 Å². The normalized spacial score (nSPS) is 15.8. The SMILES string of the molecule is CCOc1ccc(NC(=O)C[C@H]2C(=O)N(c3cccc(OC)c3)C(=O)N2CCOC)cc1. The molecule has 32 heavy (non-hydrogen) atoms. The summed E-state index contributed by atoms with van der Waals surface area (Å²) >= 11 is 0. The van der Waals surface area contributed by atoms with E-state index in [1.165, 1.54) is 19.1 Å². The van der Waals surface area contributed by atoms with Crippen molar-refractivity contribution in [2.75, 3.05) is 44.2 Å². The average Bonchev–Trinajstić information content (AvgIpc) is 3.02. The van der Waals surface area contributed by atoms with Crippen molar-refractivity contribution < 1.29 is 28.6 Å². The molecule has 2 aromatic carbocycles. The van der Waals surface area contributed by atoms with Gasteiger partial charge in [-0.1, -0.05) is 6.07 Å². The minimum absolute atomic E-state index is 0.179. The lowest BCUT2D eigenvalue weighted by Gasteiger charge is -2.21. The van der Waals surface area contributed by atoms with E-state index in [2.05, 4.69) is 5.32 Å². The van der Waals surface area contributed by atoms with E-state index in [-0.39, 0.29) is 25.5 Å². The quantitative estimate of drug-likeness (QED) is 0.570. The number of hydrogen-bond donors (Lipinski definition) is 1. The van der Waals surface area contributed by atoms with Gasteiger partial charge in [-0.25, -0.2) is 9.69 Å². The number of benzene rings is 2. The molecular weight excluding hydrogens is 414 g/mol. The van der Waals surface area contributed by atoms with Crippen LogP contribution in [0.3, 0.4) is 0 Å². The Hall–Kier alpha value is -3.59. The highest BCUT2D eigenvalue weighted by molar-refractivity contribution is 6.22. The fraction of sp³-hybridized carbons (Fsp3) is 0.348. The van der Waals surface area contributed by atoms with Gasteiger partial charge in [-0.2, -0.15) is 0 Å². The topological polar surface area (TPSA) is 97.4 Å². The summed E-state index contributed by atoms with van der Waals surface area (Å²) in [5, 5.41) is 2.77. The summed E-state index contributed by atoms with van der Waals surface area (Å²) in [7, 11) is 3.02. The van der Waals surface area contributed by atoms with Crippen LogP contribution in [0.4, 0.5) is 16.2 Å². The Bertz CT molecular complexity index is 962. The highest BCUT2D eigenvalue weighted by atomic mass is 16.5. The van der Waals surface area contributed by atoms with E-state index >= 15 is 0 Å². The number of hydrogen-bond acceptors (Lipinski definition) is 6. The molecule has 0 bridgehead atoms. The Balaban J connectivity index is 1.76. The molecule has 0 saturated carbocycles. The third kappa shape index (κ3) is 5.17. The van der Waals surface area contributed by atoms with Crippen LogP contribution in [0, 0.1) is 0 Å². The zero-order chi connectivity index (χ0) is 23.1. The molecule has 1 aliphatic heterocycles. The first-order chi connectivity index (χ1) is 15.5. The summed E-state index contributed by atoms with van der Waals surface area (Å²) in [6.45, 7) is 2.86. The molecule has 2 aromatic rings. The number of rotatable bonds is 10. The number of imide groups is 1. The van der Waals surface area contributed by atoms with E-state index < -0.39 is 18.0 Å². The summed E-state index contributed by atoms with van der Waals surface area (Å²) in [5.41, 5.74) is 0.958. The molecule has 1 saturated heterocycles. The first-order valence-corrected chi connectivity index (χ1v) is 10.3. The second-order valence-corrected chi connectivity index (χ2v) is 7.07. The molecule has 3 rings (SSSR count). The summed E-state index contributed by atoms with van der Waals surface area (Å²) in [5.74, 6) is 0.362. The highest BCUT2D eigenvalue weighted by Gasteiger charge is 2.46. The van der Waals surface area contributed by atoms with Gasteiger partial charge in [0.05, 0.1) is 32.4 Å². The lowest BCUT2D eigenvalue weighted by molar-refractivity contribution is -0.124. The predicted octanol–water partition coefficient (Wildman–Crippen LogP) is 2.91. The first kappa shape index (κ1) is 23.1. The van der Waals surface area contributed by atoms with Gasteiger partial charge in [-0.05, 0) is 43.3 Å². The monoisotopic (exact) mass is 441 g/mol. The number of carbonyl (C=O) groups excluding carboxylic acids is 3. The standard InChI is InChI=1S/C23H27N3O6/c1-4-32-18-10-8-16(9-11-18)24-21(27)15-20-22(28)26(23(29)25(20)12-13-30-2)17-6-5-7-19(14-17)31-3/h5-11,14,20H,4,12-13,15H2,1-3H3,(H,24,27)/t20-/m0/s1. The largest absolute Gasteiger partial charge is 0.497 e. The second kappa shape index (κ2) is 10.6. The molecule has 1 atom stereocenters. The number of urea groups is 1. The lowest BCUT2D eigenvalue weighted by atomic mass is 10.1. The Morgan fingerprint density at radius 2 is 1.81 bits per heavy atom. The molecule has 4 amide bonds. The zero-order valence-corrected chi connectivity index (χ0v) is 18.4. The van der Waals surface area contributed by atoms with Crippen LogP contribution in [0.2, 0.25) is 0 Å². The second-order valence-electron chi connectivity index (χ2n) is 7.07. The van der Waals surface area contributed by atoms with Gasteiger partial charge in [0.1, 0.15) is 17.5 Å². The summed E-state index contributed by atoms with van der Waals surface area (Å²) < 4.78 is 15.7. The molecular formula is C23H27N3O6. The van der Waals surface area contributed by atoms with E-state index in [9.17, 15) is 14.4 Å². The minimum atomic E-state index is -0.938. The third-order valence-corrected chi connectivity index (χ3v) is 4.99. The molecule has 0 aliphatic carbocycles. The third-order valence-electron chi connectivity index (χ3n) is 4.99. The number of nitrogens with zero attached hydrogens (tertiary/aromatic N) is 2. The molecule has 170 valence electrons. The summed E-state index contributed by atoms with van der Waals surface area (Å²) in [6, 6.07) is 12.2. The molecule has 9 heteroatoms. The van der Waals surface area contributed by atoms with Crippen LogP contribution < -0.4 is 19.7 Å². The van der Waals surface area contributed by atoms with Crippen LogP contribution >= 0.6 is 0 Å². The number of amides is 4. The first-order valence-electron chi connectivity index (χ1n) is 10.3. The van der Waals surface area contributed by atoms with E-state index in [0.29, 0.717) is 29.5 Å². The maximum atomic E-state index is 13.2. The van der Waals surface area contributed by atoms with Crippen LogP contribution in [0.25, 0.3) is 0 Å². The van der Waals surface area contributed by atoms with Gasteiger partial charge in [0.2, 0.25) is 5.91 Å². The van der Waals surface area contributed by atoms with Gasteiger partial charge >= 0.3 is 6.03 Å². The number of anilines is 2. The van der Waals surface area contributed by atoms with Crippen LogP contribution in [-0.2, 0) is 14.3 Å². The zero-order valence-electron chi connectivity index (χ0n) is 18.4. The molecule has 0 unspecified atom stereocenters. The molecule has 0 aromatic heterocycles. The Morgan fingerprint density at radius 3 is 2.47 bits per heavy atom. The van der Waals surface area contributed by atoms with Crippen molar-refractivity contribution in [1.29, 1.82) is 0 Å². The Kier molecular flexibility index (Phi) is 7.67. The van der Waals surface area contributed by atoms with Crippen molar-refractivity contribution in [3.63, 3.8) is 0 Å². The number of methoxy groups -OCH3 is 2. The van der Waals surface area contributed by atoms with E-state index in [1.54, 1.807) is 48.5 Å². The fourth-order valence-electron chi connectivity index (χ4n) is 3.45. The molecule has 9 nitrogen and oxygen atoms in total.